The zero-order valence-electron chi connectivity index (χ0n) is 18.8. The van der Waals surface area contributed by atoms with Gasteiger partial charge in [-0.3, -0.25) is 9.10 Å². The van der Waals surface area contributed by atoms with Gasteiger partial charge in [0.25, 0.3) is 10.0 Å². The Bertz CT molecular complexity index is 1230. The van der Waals surface area contributed by atoms with Crippen molar-refractivity contribution in [1.29, 1.82) is 0 Å². The maximum absolute atomic E-state index is 13.4. The zero-order valence-corrected chi connectivity index (χ0v) is 21.2. The topological polar surface area (TPSA) is 75.7 Å². The van der Waals surface area contributed by atoms with E-state index in [2.05, 4.69) is 21.2 Å². The molecule has 0 heterocycles. The van der Waals surface area contributed by atoms with Gasteiger partial charge in [0.05, 0.1) is 17.1 Å². The minimum atomic E-state index is -3.94. The van der Waals surface area contributed by atoms with E-state index < -0.39 is 15.9 Å². The Kier molecular flexibility index (Phi) is 8.15. The Morgan fingerprint density at radius 3 is 2.36 bits per heavy atom. The van der Waals surface area contributed by atoms with E-state index in [4.69, 9.17) is 4.74 Å². The molecule has 174 valence electrons. The van der Waals surface area contributed by atoms with Crippen LogP contribution >= 0.6 is 15.9 Å². The van der Waals surface area contributed by atoms with Crippen LogP contribution in [0.25, 0.3) is 0 Å². The van der Waals surface area contributed by atoms with Gasteiger partial charge in [0.1, 0.15) is 18.9 Å². The predicted molar refractivity (Wildman–Crippen MR) is 134 cm³/mol. The van der Waals surface area contributed by atoms with Crippen LogP contribution < -0.4 is 14.4 Å². The van der Waals surface area contributed by atoms with E-state index >= 15 is 0 Å². The number of benzene rings is 3. The molecular formula is C25H27BrN2O4S. The molecule has 3 aromatic carbocycles. The number of anilines is 1. The molecular weight excluding hydrogens is 504 g/mol. The lowest BCUT2D eigenvalue weighted by Gasteiger charge is -2.24. The highest BCUT2D eigenvalue weighted by atomic mass is 79.9. The second-order valence-electron chi connectivity index (χ2n) is 7.75. The number of halogens is 1. The van der Waals surface area contributed by atoms with E-state index in [1.165, 1.54) is 5.56 Å². The third kappa shape index (κ3) is 6.58. The summed E-state index contributed by atoms with van der Waals surface area (Å²) in [5, 5.41) is 2.74. The quantitative estimate of drug-likeness (QED) is 0.404. The average Bonchev–Trinajstić information content (AvgIpc) is 2.77. The largest absolute Gasteiger partial charge is 0.492 e. The van der Waals surface area contributed by atoms with Gasteiger partial charge >= 0.3 is 0 Å². The number of ether oxygens (including phenoxy) is 1. The SMILES string of the molecule is Cc1ccc(S(=O)(=O)N(CC(=O)NCCOc2ccc(C)c(C)c2)c2cccc(Br)c2)cc1. The molecule has 0 atom stereocenters. The molecule has 0 aliphatic rings. The number of hydrogen-bond acceptors (Lipinski definition) is 4. The van der Waals surface area contributed by atoms with Gasteiger partial charge in [0, 0.05) is 4.47 Å². The molecule has 1 amide bonds. The second-order valence-corrected chi connectivity index (χ2v) is 10.5. The van der Waals surface area contributed by atoms with Crippen molar-refractivity contribution in [3.63, 3.8) is 0 Å². The smallest absolute Gasteiger partial charge is 0.264 e. The van der Waals surface area contributed by atoms with E-state index in [9.17, 15) is 13.2 Å². The summed E-state index contributed by atoms with van der Waals surface area (Å²) in [6.45, 7) is 6.10. The standard InChI is InChI=1S/C25H27BrN2O4S/c1-18-7-11-24(12-8-18)33(30,31)28(22-6-4-5-21(26)16-22)17-25(29)27-13-14-32-23-10-9-19(2)20(3)15-23/h4-12,15-16H,13-14,17H2,1-3H3,(H,27,29). The summed E-state index contributed by atoms with van der Waals surface area (Å²) < 4.78 is 34.3. The number of nitrogens with zero attached hydrogens (tertiary/aromatic N) is 1. The van der Waals surface area contributed by atoms with Crippen molar-refractivity contribution in [2.45, 2.75) is 25.7 Å². The summed E-state index contributed by atoms with van der Waals surface area (Å²) in [7, 11) is -3.94. The second kappa shape index (κ2) is 10.9. The van der Waals surface area contributed by atoms with Gasteiger partial charge in [-0.15, -0.1) is 0 Å². The minimum Gasteiger partial charge on any atom is -0.492 e. The molecule has 0 aliphatic carbocycles. The van der Waals surface area contributed by atoms with E-state index in [1.807, 2.05) is 39.0 Å². The van der Waals surface area contributed by atoms with Gasteiger partial charge in [0.15, 0.2) is 0 Å². The maximum Gasteiger partial charge on any atom is 0.264 e. The first kappa shape index (κ1) is 24.8. The molecule has 3 rings (SSSR count). The Labute approximate surface area is 203 Å². The summed E-state index contributed by atoms with van der Waals surface area (Å²) in [5.74, 6) is 0.305. The number of sulfonamides is 1. The Balaban J connectivity index is 1.70. The van der Waals surface area contributed by atoms with Crippen LogP contribution in [0.4, 0.5) is 5.69 Å². The van der Waals surface area contributed by atoms with Gasteiger partial charge in [0.2, 0.25) is 5.91 Å². The first-order chi connectivity index (χ1) is 15.7. The van der Waals surface area contributed by atoms with Gasteiger partial charge in [-0.1, -0.05) is 45.8 Å². The number of nitrogens with one attached hydrogen (secondary N) is 1. The molecule has 0 saturated carbocycles. The number of hydrogen-bond donors (Lipinski definition) is 1. The van der Waals surface area contributed by atoms with E-state index in [1.54, 1.807) is 48.5 Å². The lowest BCUT2D eigenvalue weighted by molar-refractivity contribution is -0.119. The highest BCUT2D eigenvalue weighted by Crippen LogP contribution is 2.26. The normalized spacial score (nSPS) is 11.2. The van der Waals surface area contributed by atoms with Gasteiger partial charge in [-0.25, -0.2) is 8.42 Å². The van der Waals surface area contributed by atoms with Crippen molar-refractivity contribution in [3.8, 4) is 5.75 Å². The number of carbonyl (C=O) groups excluding carboxylic acids is 1. The van der Waals surface area contributed by atoms with Crippen molar-refractivity contribution in [2.75, 3.05) is 24.0 Å². The van der Waals surface area contributed by atoms with Crippen LogP contribution in [-0.2, 0) is 14.8 Å². The molecule has 0 bridgehead atoms. The molecule has 6 nitrogen and oxygen atoms in total. The highest BCUT2D eigenvalue weighted by molar-refractivity contribution is 9.10. The number of rotatable bonds is 9. The third-order valence-electron chi connectivity index (χ3n) is 5.16. The summed E-state index contributed by atoms with van der Waals surface area (Å²) in [6, 6.07) is 19.2. The summed E-state index contributed by atoms with van der Waals surface area (Å²) in [6.07, 6.45) is 0. The average molecular weight is 531 g/mol. The maximum atomic E-state index is 13.4. The lowest BCUT2D eigenvalue weighted by atomic mass is 10.1. The Morgan fingerprint density at radius 1 is 0.970 bits per heavy atom. The van der Waals surface area contributed by atoms with Crippen molar-refractivity contribution < 1.29 is 17.9 Å². The molecule has 8 heteroatoms. The molecule has 1 N–H and O–H groups in total. The van der Waals surface area contributed by atoms with Gasteiger partial charge in [-0.05, 0) is 74.4 Å². The first-order valence-corrected chi connectivity index (χ1v) is 12.7. The fourth-order valence-electron chi connectivity index (χ4n) is 3.13. The Morgan fingerprint density at radius 2 is 1.70 bits per heavy atom. The summed E-state index contributed by atoms with van der Waals surface area (Å²) >= 11 is 3.37. The lowest BCUT2D eigenvalue weighted by Crippen LogP contribution is -2.41. The molecule has 0 saturated heterocycles. The van der Waals surface area contributed by atoms with Crippen LogP contribution in [-0.4, -0.2) is 34.0 Å². The van der Waals surface area contributed by atoms with Crippen LogP contribution in [0.15, 0.2) is 76.1 Å². The van der Waals surface area contributed by atoms with Crippen LogP contribution in [0.1, 0.15) is 16.7 Å². The van der Waals surface area contributed by atoms with Crippen molar-refractivity contribution in [3.05, 3.63) is 87.9 Å². The van der Waals surface area contributed by atoms with Crippen LogP contribution in [0.3, 0.4) is 0 Å². The van der Waals surface area contributed by atoms with Crippen LogP contribution in [0, 0.1) is 20.8 Å². The number of aryl methyl sites for hydroxylation is 3. The minimum absolute atomic E-state index is 0.124. The Hall–Kier alpha value is -2.84. The first-order valence-electron chi connectivity index (χ1n) is 10.5. The van der Waals surface area contributed by atoms with Crippen LogP contribution in [0.5, 0.6) is 5.75 Å². The number of carbonyl (C=O) groups is 1. The fourth-order valence-corrected chi connectivity index (χ4v) is 4.93. The van der Waals surface area contributed by atoms with Gasteiger partial charge < -0.3 is 10.1 Å². The molecule has 0 unspecified atom stereocenters. The highest BCUT2D eigenvalue weighted by Gasteiger charge is 2.27. The molecule has 0 fully saturated rings. The van der Waals surface area contributed by atoms with Crippen molar-refractivity contribution >= 4 is 37.5 Å². The zero-order chi connectivity index (χ0) is 24.0. The van der Waals surface area contributed by atoms with Crippen molar-refractivity contribution in [1.82, 2.24) is 5.32 Å². The monoisotopic (exact) mass is 530 g/mol. The number of amides is 1. The molecule has 0 aliphatic heterocycles. The summed E-state index contributed by atoms with van der Waals surface area (Å²) in [4.78, 5) is 12.8. The van der Waals surface area contributed by atoms with Gasteiger partial charge in [-0.2, -0.15) is 0 Å². The van der Waals surface area contributed by atoms with Crippen molar-refractivity contribution in [2.24, 2.45) is 0 Å². The predicted octanol–water partition coefficient (Wildman–Crippen LogP) is 4.76. The van der Waals surface area contributed by atoms with E-state index in [0.717, 1.165) is 21.2 Å². The summed E-state index contributed by atoms with van der Waals surface area (Å²) in [5.41, 5.74) is 3.65. The molecule has 3 aromatic rings. The van der Waals surface area contributed by atoms with Crippen LogP contribution in [0.2, 0.25) is 0 Å². The molecule has 33 heavy (non-hydrogen) atoms. The molecule has 0 aromatic heterocycles. The molecule has 0 spiro atoms. The third-order valence-corrected chi connectivity index (χ3v) is 7.45. The van der Waals surface area contributed by atoms with E-state index in [0.29, 0.717) is 10.2 Å². The molecule has 0 radical (unpaired) electrons. The fraction of sp³-hybridized carbons (Fsp3) is 0.240. The van der Waals surface area contributed by atoms with E-state index in [-0.39, 0.29) is 24.6 Å².